The van der Waals surface area contributed by atoms with Crippen molar-refractivity contribution >= 4 is 27.5 Å². The van der Waals surface area contributed by atoms with Gasteiger partial charge in [0, 0.05) is 30.0 Å². The smallest absolute Gasteiger partial charge is 0.191 e. The van der Waals surface area contributed by atoms with Gasteiger partial charge in [-0.25, -0.2) is 9.98 Å². The van der Waals surface area contributed by atoms with E-state index in [-0.39, 0.29) is 0 Å². The number of nitrogens with two attached hydrogens (primary N) is 1. The van der Waals surface area contributed by atoms with Crippen molar-refractivity contribution < 1.29 is 0 Å². The number of guanidine groups is 1. The molecule has 19 heavy (non-hydrogen) atoms. The lowest BCUT2D eigenvalue weighted by molar-refractivity contribution is 0.487. The molecule has 0 bridgehead atoms. The fraction of sp³-hybridized carbons (Fsp3) is 0.385. The third-order valence-electron chi connectivity index (χ3n) is 3.32. The predicted molar refractivity (Wildman–Crippen MR) is 79.0 cm³/mol. The van der Waals surface area contributed by atoms with Gasteiger partial charge in [0.25, 0.3) is 0 Å². The summed E-state index contributed by atoms with van der Waals surface area (Å²) in [4.78, 5) is 11.0. The van der Waals surface area contributed by atoms with Crippen LogP contribution >= 0.6 is 15.9 Å². The SMILES string of the molecule is CN(C(N)=NCc1cn2cc(Br)ccc2n1)C1CC1. The van der Waals surface area contributed by atoms with Crippen LogP contribution in [0.15, 0.2) is 34.0 Å². The molecule has 0 amide bonds. The molecule has 6 heteroatoms. The molecule has 1 saturated carbocycles. The largest absolute Gasteiger partial charge is 0.370 e. The molecule has 2 aromatic rings. The molecule has 0 aromatic carbocycles. The number of fused-ring (bicyclic) bond motifs is 1. The molecule has 1 aliphatic carbocycles. The first-order valence-electron chi connectivity index (χ1n) is 6.29. The standard InChI is InChI=1S/C13H16BrN5/c1-18(11-3-4-11)13(15)16-6-10-8-19-7-9(14)2-5-12(19)17-10/h2,5,7-8,11H,3-4,6H2,1H3,(H2,15,16). The molecule has 3 rings (SSSR count). The Kier molecular flexibility index (Phi) is 3.18. The van der Waals surface area contributed by atoms with Crippen LogP contribution in [0.2, 0.25) is 0 Å². The van der Waals surface area contributed by atoms with Crippen LogP contribution in [-0.2, 0) is 6.54 Å². The number of hydrogen-bond donors (Lipinski definition) is 1. The molecule has 0 saturated heterocycles. The second kappa shape index (κ2) is 4.85. The van der Waals surface area contributed by atoms with E-state index in [1.54, 1.807) is 0 Å². The Bertz CT molecular complexity index is 629. The van der Waals surface area contributed by atoms with E-state index >= 15 is 0 Å². The van der Waals surface area contributed by atoms with Crippen LogP contribution in [-0.4, -0.2) is 33.3 Å². The third-order valence-corrected chi connectivity index (χ3v) is 3.79. The fourth-order valence-electron chi connectivity index (χ4n) is 2.02. The lowest BCUT2D eigenvalue weighted by Crippen LogP contribution is -2.35. The van der Waals surface area contributed by atoms with Gasteiger partial charge < -0.3 is 15.0 Å². The van der Waals surface area contributed by atoms with E-state index in [0.717, 1.165) is 15.8 Å². The molecule has 2 heterocycles. The van der Waals surface area contributed by atoms with Gasteiger partial charge in [-0.2, -0.15) is 0 Å². The summed E-state index contributed by atoms with van der Waals surface area (Å²) in [7, 11) is 2.00. The number of aromatic nitrogens is 2. The van der Waals surface area contributed by atoms with Gasteiger partial charge in [0.05, 0.1) is 12.2 Å². The quantitative estimate of drug-likeness (QED) is 0.695. The monoisotopic (exact) mass is 321 g/mol. The molecule has 2 N–H and O–H groups in total. The topological polar surface area (TPSA) is 58.9 Å². The Morgan fingerprint density at radius 1 is 1.53 bits per heavy atom. The molecule has 5 nitrogen and oxygen atoms in total. The van der Waals surface area contributed by atoms with Gasteiger partial charge in [0.1, 0.15) is 5.65 Å². The highest BCUT2D eigenvalue weighted by molar-refractivity contribution is 9.10. The van der Waals surface area contributed by atoms with Crippen molar-refractivity contribution in [1.82, 2.24) is 14.3 Å². The van der Waals surface area contributed by atoms with E-state index < -0.39 is 0 Å². The Hall–Kier alpha value is -1.56. The van der Waals surface area contributed by atoms with Crippen molar-refractivity contribution in [1.29, 1.82) is 0 Å². The molecule has 1 aliphatic rings. The maximum absolute atomic E-state index is 5.96. The van der Waals surface area contributed by atoms with Crippen molar-refractivity contribution in [3.8, 4) is 0 Å². The molecule has 0 unspecified atom stereocenters. The second-order valence-electron chi connectivity index (χ2n) is 4.86. The lowest BCUT2D eigenvalue weighted by atomic mass is 10.5. The summed E-state index contributed by atoms with van der Waals surface area (Å²) in [6.45, 7) is 0.516. The Morgan fingerprint density at radius 2 is 2.32 bits per heavy atom. The molecule has 2 aromatic heterocycles. The van der Waals surface area contributed by atoms with Crippen molar-refractivity contribution in [3.05, 3.63) is 34.7 Å². The minimum absolute atomic E-state index is 0.516. The molecular formula is C13H16BrN5. The van der Waals surface area contributed by atoms with Crippen LogP contribution in [0.4, 0.5) is 0 Å². The Labute approximate surface area is 120 Å². The van der Waals surface area contributed by atoms with E-state index in [1.165, 1.54) is 12.8 Å². The summed E-state index contributed by atoms with van der Waals surface area (Å²) in [5.74, 6) is 0.598. The molecule has 0 spiro atoms. The molecule has 0 aliphatic heterocycles. The highest BCUT2D eigenvalue weighted by Crippen LogP contribution is 2.24. The van der Waals surface area contributed by atoms with Crippen LogP contribution in [0.3, 0.4) is 0 Å². The third kappa shape index (κ3) is 2.73. The number of nitrogens with zero attached hydrogens (tertiary/aromatic N) is 4. The summed E-state index contributed by atoms with van der Waals surface area (Å²) in [6, 6.07) is 4.53. The minimum Gasteiger partial charge on any atom is -0.370 e. The van der Waals surface area contributed by atoms with E-state index in [1.807, 2.05) is 40.9 Å². The van der Waals surface area contributed by atoms with Crippen molar-refractivity contribution in [3.63, 3.8) is 0 Å². The van der Waals surface area contributed by atoms with E-state index in [2.05, 4.69) is 25.9 Å². The van der Waals surface area contributed by atoms with Crippen molar-refractivity contribution in [2.45, 2.75) is 25.4 Å². The van der Waals surface area contributed by atoms with Gasteiger partial charge in [-0.3, -0.25) is 0 Å². The lowest BCUT2D eigenvalue weighted by Gasteiger charge is -2.16. The zero-order valence-electron chi connectivity index (χ0n) is 10.8. The number of rotatable bonds is 3. The van der Waals surface area contributed by atoms with Gasteiger partial charge in [-0.1, -0.05) is 0 Å². The zero-order chi connectivity index (χ0) is 13.4. The summed E-state index contributed by atoms with van der Waals surface area (Å²) >= 11 is 3.44. The maximum Gasteiger partial charge on any atom is 0.191 e. The number of aliphatic imine (C=N–C) groups is 1. The summed E-state index contributed by atoms with van der Waals surface area (Å²) < 4.78 is 3.01. The zero-order valence-corrected chi connectivity index (χ0v) is 12.3. The average molecular weight is 322 g/mol. The molecule has 0 radical (unpaired) electrons. The summed E-state index contributed by atoms with van der Waals surface area (Å²) in [5.41, 5.74) is 7.80. The predicted octanol–water partition coefficient (Wildman–Crippen LogP) is 2.01. The molecule has 1 fully saturated rings. The minimum atomic E-state index is 0.516. The van der Waals surface area contributed by atoms with Gasteiger partial charge in [0.2, 0.25) is 0 Å². The van der Waals surface area contributed by atoms with Crippen LogP contribution in [0.1, 0.15) is 18.5 Å². The second-order valence-corrected chi connectivity index (χ2v) is 5.78. The van der Waals surface area contributed by atoms with E-state index in [9.17, 15) is 0 Å². The van der Waals surface area contributed by atoms with Gasteiger partial charge in [-0.05, 0) is 40.9 Å². The first-order chi connectivity index (χ1) is 9.13. The number of imidazole rings is 1. The number of pyridine rings is 1. The Balaban J connectivity index is 1.75. The van der Waals surface area contributed by atoms with Crippen molar-refractivity contribution in [2.24, 2.45) is 10.7 Å². The number of halogens is 1. The van der Waals surface area contributed by atoms with Gasteiger partial charge in [0.15, 0.2) is 5.96 Å². The van der Waals surface area contributed by atoms with Gasteiger partial charge in [-0.15, -0.1) is 0 Å². The molecular weight excluding hydrogens is 306 g/mol. The average Bonchev–Trinajstić information content (AvgIpc) is 3.16. The summed E-state index contributed by atoms with van der Waals surface area (Å²) in [5, 5.41) is 0. The van der Waals surface area contributed by atoms with Crippen LogP contribution in [0.25, 0.3) is 5.65 Å². The van der Waals surface area contributed by atoms with E-state index in [4.69, 9.17) is 5.73 Å². The van der Waals surface area contributed by atoms with Crippen LogP contribution in [0, 0.1) is 0 Å². The van der Waals surface area contributed by atoms with Gasteiger partial charge >= 0.3 is 0 Å². The van der Waals surface area contributed by atoms with Crippen molar-refractivity contribution in [2.75, 3.05) is 7.05 Å². The van der Waals surface area contributed by atoms with Crippen LogP contribution in [0.5, 0.6) is 0 Å². The van der Waals surface area contributed by atoms with E-state index in [0.29, 0.717) is 18.5 Å². The normalized spacial score (nSPS) is 16.0. The fourth-order valence-corrected chi connectivity index (χ4v) is 2.37. The first kappa shape index (κ1) is 12.5. The maximum atomic E-state index is 5.96. The molecule has 0 atom stereocenters. The first-order valence-corrected chi connectivity index (χ1v) is 7.08. The Morgan fingerprint density at radius 3 is 3.05 bits per heavy atom. The highest BCUT2D eigenvalue weighted by atomic mass is 79.9. The molecule has 100 valence electrons. The number of hydrogen-bond acceptors (Lipinski definition) is 2. The van der Waals surface area contributed by atoms with Crippen LogP contribution < -0.4 is 5.73 Å². The highest BCUT2D eigenvalue weighted by Gasteiger charge is 2.27. The summed E-state index contributed by atoms with van der Waals surface area (Å²) in [6.07, 6.45) is 6.40.